The molecule has 1 amide bonds. The van der Waals surface area contributed by atoms with E-state index in [1.807, 2.05) is 6.07 Å². The standard InChI is InChI=1S/C17H17FN2O/c18-16-5-2-12(3-6-16)8-17(21)20-9-13-1-4-14-10-19-11-15(14)7-13/h1-7,19H,8-11H2,(H,20,21). The van der Waals surface area contributed by atoms with Gasteiger partial charge in [0.25, 0.3) is 0 Å². The second kappa shape index (κ2) is 6.06. The van der Waals surface area contributed by atoms with Crippen LogP contribution in [-0.2, 0) is 30.8 Å². The van der Waals surface area contributed by atoms with Gasteiger partial charge in [0.15, 0.2) is 0 Å². The van der Waals surface area contributed by atoms with E-state index in [4.69, 9.17) is 0 Å². The third-order valence-corrected chi connectivity index (χ3v) is 3.67. The van der Waals surface area contributed by atoms with Gasteiger partial charge in [0.2, 0.25) is 5.91 Å². The fourth-order valence-electron chi connectivity index (χ4n) is 2.51. The molecule has 21 heavy (non-hydrogen) atoms. The maximum Gasteiger partial charge on any atom is 0.224 e. The average molecular weight is 284 g/mol. The quantitative estimate of drug-likeness (QED) is 0.904. The molecule has 0 atom stereocenters. The predicted octanol–water partition coefficient (Wildman–Crippen LogP) is 2.29. The first-order valence-corrected chi connectivity index (χ1v) is 7.03. The fraction of sp³-hybridized carbons (Fsp3) is 0.235. The van der Waals surface area contributed by atoms with Crippen molar-refractivity contribution in [2.75, 3.05) is 0 Å². The van der Waals surface area contributed by atoms with Crippen LogP contribution in [0, 0.1) is 5.82 Å². The first-order valence-electron chi connectivity index (χ1n) is 7.03. The molecule has 0 unspecified atom stereocenters. The molecule has 4 heteroatoms. The first kappa shape index (κ1) is 13.8. The van der Waals surface area contributed by atoms with Gasteiger partial charge in [0, 0.05) is 19.6 Å². The Morgan fingerprint density at radius 3 is 2.57 bits per heavy atom. The van der Waals surface area contributed by atoms with E-state index in [2.05, 4.69) is 22.8 Å². The zero-order chi connectivity index (χ0) is 14.7. The van der Waals surface area contributed by atoms with Gasteiger partial charge < -0.3 is 10.6 Å². The Labute approximate surface area is 123 Å². The smallest absolute Gasteiger partial charge is 0.224 e. The van der Waals surface area contributed by atoms with Crippen LogP contribution in [0.25, 0.3) is 0 Å². The topological polar surface area (TPSA) is 41.1 Å². The number of carbonyl (C=O) groups excluding carboxylic acids is 1. The van der Waals surface area contributed by atoms with Gasteiger partial charge in [-0.25, -0.2) is 4.39 Å². The highest BCUT2D eigenvalue weighted by atomic mass is 19.1. The Morgan fingerprint density at radius 1 is 1.05 bits per heavy atom. The summed E-state index contributed by atoms with van der Waals surface area (Å²) in [5.41, 5.74) is 4.55. The van der Waals surface area contributed by atoms with Crippen LogP contribution < -0.4 is 10.6 Å². The molecule has 108 valence electrons. The molecule has 1 aliphatic heterocycles. The molecule has 0 saturated carbocycles. The van der Waals surface area contributed by atoms with Crippen molar-refractivity contribution in [2.45, 2.75) is 26.1 Å². The normalized spacial score (nSPS) is 13.0. The van der Waals surface area contributed by atoms with Crippen LogP contribution in [0.1, 0.15) is 22.3 Å². The highest BCUT2D eigenvalue weighted by Gasteiger charge is 2.10. The maximum absolute atomic E-state index is 12.8. The summed E-state index contributed by atoms with van der Waals surface area (Å²) in [6.45, 7) is 2.34. The Morgan fingerprint density at radius 2 is 1.76 bits per heavy atom. The first-order chi connectivity index (χ1) is 10.2. The van der Waals surface area contributed by atoms with E-state index in [0.717, 1.165) is 24.2 Å². The third-order valence-electron chi connectivity index (χ3n) is 3.67. The number of carbonyl (C=O) groups is 1. The number of nitrogens with one attached hydrogen (secondary N) is 2. The lowest BCUT2D eigenvalue weighted by Crippen LogP contribution is -2.24. The summed E-state index contributed by atoms with van der Waals surface area (Å²) < 4.78 is 12.8. The SMILES string of the molecule is O=C(Cc1ccc(F)cc1)NCc1ccc2c(c1)CNC2. The van der Waals surface area contributed by atoms with Gasteiger partial charge in [0.05, 0.1) is 6.42 Å². The number of halogens is 1. The molecular weight excluding hydrogens is 267 g/mol. The lowest BCUT2D eigenvalue weighted by molar-refractivity contribution is -0.120. The zero-order valence-corrected chi connectivity index (χ0v) is 11.7. The van der Waals surface area contributed by atoms with Crippen molar-refractivity contribution in [3.63, 3.8) is 0 Å². The van der Waals surface area contributed by atoms with E-state index in [1.54, 1.807) is 12.1 Å². The lowest BCUT2D eigenvalue weighted by Gasteiger charge is -2.07. The van der Waals surface area contributed by atoms with Gasteiger partial charge in [-0.3, -0.25) is 4.79 Å². The van der Waals surface area contributed by atoms with E-state index in [-0.39, 0.29) is 18.1 Å². The third kappa shape index (κ3) is 3.47. The van der Waals surface area contributed by atoms with Crippen molar-refractivity contribution in [3.05, 3.63) is 70.5 Å². The van der Waals surface area contributed by atoms with Crippen molar-refractivity contribution < 1.29 is 9.18 Å². The van der Waals surface area contributed by atoms with Crippen molar-refractivity contribution >= 4 is 5.91 Å². The van der Waals surface area contributed by atoms with E-state index < -0.39 is 0 Å². The summed E-state index contributed by atoms with van der Waals surface area (Å²) in [7, 11) is 0. The van der Waals surface area contributed by atoms with Crippen molar-refractivity contribution in [3.8, 4) is 0 Å². The van der Waals surface area contributed by atoms with Gasteiger partial charge in [-0.2, -0.15) is 0 Å². The maximum atomic E-state index is 12.8. The minimum absolute atomic E-state index is 0.0553. The molecule has 0 bridgehead atoms. The molecule has 0 fully saturated rings. The second-order valence-corrected chi connectivity index (χ2v) is 5.29. The number of fused-ring (bicyclic) bond motifs is 1. The van der Waals surface area contributed by atoms with Gasteiger partial charge >= 0.3 is 0 Å². The molecule has 0 spiro atoms. The number of hydrogen-bond acceptors (Lipinski definition) is 2. The summed E-state index contributed by atoms with van der Waals surface area (Å²) in [6.07, 6.45) is 0.271. The van der Waals surface area contributed by atoms with Crippen LogP contribution in [-0.4, -0.2) is 5.91 Å². The molecule has 1 heterocycles. The number of amides is 1. The molecule has 3 rings (SSSR count). The van der Waals surface area contributed by atoms with E-state index in [1.165, 1.54) is 23.3 Å². The molecule has 1 aliphatic rings. The average Bonchev–Trinajstić information content (AvgIpc) is 2.95. The summed E-state index contributed by atoms with van der Waals surface area (Å²) in [6, 6.07) is 12.3. The Bertz CT molecular complexity index is 652. The summed E-state index contributed by atoms with van der Waals surface area (Å²) in [4.78, 5) is 11.9. The molecule has 0 aromatic heterocycles. The molecule has 2 aromatic rings. The largest absolute Gasteiger partial charge is 0.352 e. The molecule has 0 saturated heterocycles. The lowest BCUT2D eigenvalue weighted by atomic mass is 10.1. The van der Waals surface area contributed by atoms with Gasteiger partial charge in [-0.15, -0.1) is 0 Å². The van der Waals surface area contributed by atoms with Crippen molar-refractivity contribution in [2.24, 2.45) is 0 Å². The van der Waals surface area contributed by atoms with Crippen LogP contribution >= 0.6 is 0 Å². The summed E-state index contributed by atoms with van der Waals surface area (Å²) in [5, 5.41) is 6.20. The highest BCUT2D eigenvalue weighted by Crippen LogP contribution is 2.16. The van der Waals surface area contributed by atoms with Gasteiger partial charge in [-0.05, 0) is 34.4 Å². The Hall–Kier alpha value is -2.20. The number of rotatable bonds is 4. The predicted molar refractivity (Wildman–Crippen MR) is 78.9 cm³/mol. The van der Waals surface area contributed by atoms with E-state index in [0.29, 0.717) is 6.54 Å². The molecule has 3 nitrogen and oxygen atoms in total. The fourth-order valence-corrected chi connectivity index (χ4v) is 2.51. The van der Waals surface area contributed by atoms with E-state index in [9.17, 15) is 9.18 Å². The summed E-state index contributed by atoms with van der Waals surface area (Å²) in [5.74, 6) is -0.342. The van der Waals surface area contributed by atoms with Crippen molar-refractivity contribution in [1.29, 1.82) is 0 Å². The molecule has 2 aromatic carbocycles. The minimum Gasteiger partial charge on any atom is -0.352 e. The minimum atomic E-state index is -0.286. The Balaban J connectivity index is 1.55. The van der Waals surface area contributed by atoms with Crippen LogP contribution in [0.3, 0.4) is 0 Å². The monoisotopic (exact) mass is 284 g/mol. The van der Waals surface area contributed by atoms with Crippen molar-refractivity contribution in [1.82, 2.24) is 10.6 Å². The zero-order valence-electron chi connectivity index (χ0n) is 11.7. The molecule has 0 aliphatic carbocycles. The van der Waals surface area contributed by atoms with Gasteiger partial charge in [0.1, 0.15) is 5.82 Å². The second-order valence-electron chi connectivity index (χ2n) is 5.29. The molecular formula is C17H17FN2O. The number of benzene rings is 2. The number of hydrogen-bond donors (Lipinski definition) is 2. The molecule has 2 N–H and O–H groups in total. The van der Waals surface area contributed by atoms with Crippen LogP contribution in [0.4, 0.5) is 4.39 Å². The van der Waals surface area contributed by atoms with Gasteiger partial charge in [-0.1, -0.05) is 30.3 Å². The van der Waals surface area contributed by atoms with E-state index >= 15 is 0 Å². The summed E-state index contributed by atoms with van der Waals surface area (Å²) >= 11 is 0. The van der Waals surface area contributed by atoms with Crippen LogP contribution in [0.15, 0.2) is 42.5 Å². The highest BCUT2D eigenvalue weighted by molar-refractivity contribution is 5.78. The molecule has 0 radical (unpaired) electrons. The van der Waals surface area contributed by atoms with Crippen LogP contribution in [0.2, 0.25) is 0 Å². The van der Waals surface area contributed by atoms with Crippen LogP contribution in [0.5, 0.6) is 0 Å². The Kier molecular flexibility index (Phi) is 3.97.